The molecule has 3 heterocycles. The summed E-state index contributed by atoms with van der Waals surface area (Å²) in [6, 6.07) is 47.2. The first-order valence-corrected chi connectivity index (χ1v) is 15.5. The summed E-state index contributed by atoms with van der Waals surface area (Å²) in [5.41, 5.74) is 7.18. The molecule has 0 N–H and O–H groups in total. The summed E-state index contributed by atoms with van der Waals surface area (Å²) in [5.74, 6) is 0. The first-order chi connectivity index (χ1) is 20.8. The van der Waals surface area contributed by atoms with Gasteiger partial charge in [0.1, 0.15) is 16.2 Å². The topological polar surface area (TPSA) is 29.3 Å². The molecule has 6 aromatic carbocycles. The number of benzene rings is 6. The molecule has 5 heteroatoms. The van der Waals surface area contributed by atoms with Gasteiger partial charge in [-0.2, -0.15) is 0 Å². The molecule has 42 heavy (non-hydrogen) atoms. The van der Waals surface area contributed by atoms with E-state index in [4.69, 9.17) is 9.40 Å². The fourth-order valence-electron chi connectivity index (χ4n) is 5.97. The Hall–Kier alpha value is -4.97. The standard InChI is InChI=1S/C37H22N2OS2/c1-5-13-31(27(11-1)37-38-30-12-4-8-16-36(30)42-37)39(23-17-19-33-28(21-23)25-9-2-6-14-32(25)40-33)24-18-20-35-29(22-24)26-10-3-7-15-34(26)41-35/h1-22H. The lowest BCUT2D eigenvalue weighted by molar-refractivity contribution is 0.669. The molecule has 0 fully saturated rings. The highest BCUT2D eigenvalue weighted by Gasteiger charge is 2.21. The molecular formula is C37H22N2OS2. The van der Waals surface area contributed by atoms with Crippen molar-refractivity contribution in [3.63, 3.8) is 0 Å². The minimum absolute atomic E-state index is 0.888. The maximum atomic E-state index is 6.20. The molecule has 9 rings (SSSR count). The third-order valence-corrected chi connectivity index (χ3v) is 10.1. The van der Waals surface area contributed by atoms with E-state index in [9.17, 15) is 0 Å². The van der Waals surface area contributed by atoms with E-state index in [0.717, 1.165) is 55.1 Å². The largest absolute Gasteiger partial charge is 0.456 e. The summed E-state index contributed by atoms with van der Waals surface area (Å²) in [7, 11) is 0. The molecule has 0 aliphatic rings. The third-order valence-electron chi connectivity index (χ3n) is 7.91. The molecule has 0 radical (unpaired) electrons. The van der Waals surface area contributed by atoms with Crippen LogP contribution < -0.4 is 4.90 Å². The summed E-state index contributed by atoms with van der Waals surface area (Å²) >= 11 is 3.57. The Morgan fingerprint density at radius 3 is 2.07 bits per heavy atom. The highest BCUT2D eigenvalue weighted by atomic mass is 32.1. The van der Waals surface area contributed by atoms with E-state index in [1.54, 1.807) is 11.3 Å². The summed E-state index contributed by atoms with van der Waals surface area (Å²) in [6.45, 7) is 0. The van der Waals surface area contributed by atoms with E-state index in [-0.39, 0.29) is 0 Å². The number of hydrogen-bond acceptors (Lipinski definition) is 5. The highest BCUT2D eigenvalue weighted by molar-refractivity contribution is 7.25. The molecule has 0 saturated carbocycles. The monoisotopic (exact) mass is 574 g/mol. The zero-order chi connectivity index (χ0) is 27.6. The lowest BCUT2D eigenvalue weighted by Crippen LogP contribution is -2.11. The number of para-hydroxylation sites is 3. The molecular weight excluding hydrogens is 553 g/mol. The molecule has 0 amide bonds. The van der Waals surface area contributed by atoms with Crippen molar-refractivity contribution in [3.05, 3.63) is 133 Å². The van der Waals surface area contributed by atoms with E-state index in [1.807, 2.05) is 23.5 Å². The van der Waals surface area contributed by atoms with Crippen LogP contribution in [0.4, 0.5) is 17.1 Å². The number of rotatable bonds is 4. The van der Waals surface area contributed by atoms with Crippen molar-refractivity contribution in [1.82, 2.24) is 4.98 Å². The van der Waals surface area contributed by atoms with Gasteiger partial charge in [0.15, 0.2) is 0 Å². The number of anilines is 3. The van der Waals surface area contributed by atoms with E-state index < -0.39 is 0 Å². The second-order valence-corrected chi connectivity index (χ2v) is 12.5. The molecule has 0 bridgehead atoms. The van der Waals surface area contributed by atoms with Gasteiger partial charge in [0.2, 0.25) is 0 Å². The molecule has 9 aromatic rings. The van der Waals surface area contributed by atoms with Crippen molar-refractivity contribution in [3.8, 4) is 10.6 Å². The number of thiophene rings is 1. The van der Waals surface area contributed by atoms with Crippen LogP contribution in [0.5, 0.6) is 0 Å². The second kappa shape index (κ2) is 9.28. The van der Waals surface area contributed by atoms with Crippen molar-refractivity contribution in [2.45, 2.75) is 0 Å². The van der Waals surface area contributed by atoms with Gasteiger partial charge in [-0.25, -0.2) is 4.98 Å². The third kappa shape index (κ3) is 3.68. The normalized spacial score (nSPS) is 11.8. The van der Waals surface area contributed by atoms with Gasteiger partial charge in [-0.3, -0.25) is 0 Å². The predicted molar refractivity (Wildman–Crippen MR) is 180 cm³/mol. The van der Waals surface area contributed by atoms with Crippen LogP contribution in [0.2, 0.25) is 0 Å². The van der Waals surface area contributed by atoms with Crippen molar-refractivity contribution in [1.29, 1.82) is 0 Å². The average molecular weight is 575 g/mol. The summed E-state index contributed by atoms with van der Waals surface area (Å²) in [5, 5.41) is 5.79. The Bertz CT molecular complexity index is 2300. The lowest BCUT2D eigenvalue weighted by Gasteiger charge is -2.27. The van der Waals surface area contributed by atoms with Crippen molar-refractivity contribution >= 4 is 92.1 Å². The van der Waals surface area contributed by atoms with Gasteiger partial charge in [0, 0.05) is 47.9 Å². The van der Waals surface area contributed by atoms with Gasteiger partial charge in [-0.15, -0.1) is 22.7 Å². The van der Waals surface area contributed by atoms with Crippen molar-refractivity contribution in [2.24, 2.45) is 0 Å². The molecule has 0 spiro atoms. The maximum absolute atomic E-state index is 6.20. The first kappa shape index (κ1) is 23.7. The van der Waals surface area contributed by atoms with Gasteiger partial charge < -0.3 is 9.32 Å². The minimum Gasteiger partial charge on any atom is -0.456 e. The van der Waals surface area contributed by atoms with E-state index in [0.29, 0.717) is 0 Å². The van der Waals surface area contributed by atoms with Gasteiger partial charge in [0.05, 0.1) is 15.9 Å². The first-order valence-electron chi connectivity index (χ1n) is 13.9. The maximum Gasteiger partial charge on any atom is 0.135 e. The highest BCUT2D eigenvalue weighted by Crippen LogP contribution is 2.46. The van der Waals surface area contributed by atoms with E-state index in [2.05, 4.69) is 126 Å². The van der Waals surface area contributed by atoms with Crippen LogP contribution in [0, 0.1) is 0 Å². The molecule has 0 saturated heterocycles. The zero-order valence-corrected chi connectivity index (χ0v) is 24.0. The molecule has 0 aliphatic heterocycles. The Morgan fingerprint density at radius 2 is 1.17 bits per heavy atom. The van der Waals surface area contributed by atoms with Gasteiger partial charge in [0.25, 0.3) is 0 Å². The second-order valence-electron chi connectivity index (χ2n) is 10.4. The van der Waals surface area contributed by atoms with Crippen molar-refractivity contribution < 1.29 is 4.42 Å². The van der Waals surface area contributed by atoms with Crippen molar-refractivity contribution in [2.75, 3.05) is 4.90 Å². The zero-order valence-electron chi connectivity index (χ0n) is 22.3. The molecule has 198 valence electrons. The number of furan rings is 1. The van der Waals surface area contributed by atoms with Crippen LogP contribution in [0.3, 0.4) is 0 Å². The fourth-order valence-corrected chi connectivity index (χ4v) is 8.06. The molecule has 0 unspecified atom stereocenters. The molecule has 0 atom stereocenters. The number of aromatic nitrogens is 1. The minimum atomic E-state index is 0.888. The number of fused-ring (bicyclic) bond motifs is 7. The smallest absolute Gasteiger partial charge is 0.135 e. The van der Waals surface area contributed by atoms with Crippen LogP contribution >= 0.6 is 22.7 Å². The van der Waals surface area contributed by atoms with E-state index >= 15 is 0 Å². The van der Waals surface area contributed by atoms with Crippen LogP contribution in [0.1, 0.15) is 0 Å². The van der Waals surface area contributed by atoms with Crippen LogP contribution in [-0.4, -0.2) is 4.98 Å². The van der Waals surface area contributed by atoms with Gasteiger partial charge in [-0.1, -0.05) is 60.7 Å². The Balaban J connectivity index is 1.32. The van der Waals surface area contributed by atoms with E-state index in [1.165, 1.54) is 24.9 Å². The summed E-state index contributed by atoms with van der Waals surface area (Å²) < 4.78 is 9.97. The molecule has 3 nitrogen and oxygen atoms in total. The summed E-state index contributed by atoms with van der Waals surface area (Å²) in [6.07, 6.45) is 0. The Morgan fingerprint density at radius 1 is 0.500 bits per heavy atom. The van der Waals surface area contributed by atoms with Gasteiger partial charge in [-0.05, 0) is 72.8 Å². The fraction of sp³-hybridized carbons (Fsp3) is 0. The van der Waals surface area contributed by atoms with Crippen LogP contribution in [-0.2, 0) is 0 Å². The Kier molecular flexibility index (Phi) is 5.24. The molecule has 0 aliphatic carbocycles. The lowest BCUT2D eigenvalue weighted by atomic mass is 10.1. The quantitative estimate of drug-likeness (QED) is 0.209. The number of hydrogen-bond donors (Lipinski definition) is 0. The van der Waals surface area contributed by atoms with Crippen LogP contribution in [0.25, 0.3) is 62.9 Å². The average Bonchev–Trinajstić information content (AvgIpc) is 3.74. The summed E-state index contributed by atoms with van der Waals surface area (Å²) in [4.78, 5) is 7.43. The predicted octanol–water partition coefficient (Wildman–Crippen LogP) is 11.7. The SMILES string of the molecule is c1ccc(N(c2ccc3oc4ccccc4c3c2)c2ccc3sc4ccccc4c3c2)c(-c2nc3ccccc3s2)c1. The molecule has 3 aromatic heterocycles. The Labute approximate surface area is 249 Å². The number of nitrogens with zero attached hydrogens (tertiary/aromatic N) is 2. The number of thiazole rings is 1. The van der Waals surface area contributed by atoms with Gasteiger partial charge >= 0.3 is 0 Å². The van der Waals surface area contributed by atoms with Crippen LogP contribution in [0.15, 0.2) is 138 Å².